The Morgan fingerprint density at radius 2 is 1.48 bits per heavy atom. The maximum absolute atomic E-state index is 13.6. The Kier molecular flexibility index (Phi) is 4.95. The molecular formula is C15H14F2N2O4. The van der Waals surface area contributed by atoms with Crippen LogP contribution in [0.2, 0.25) is 0 Å². The van der Waals surface area contributed by atoms with Gasteiger partial charge in [0.2, 0.25) is 11.6 Å². The first kappa shape index (κ1) is 16.5. The van der Waals surface area contributed by atoms with Gasteiger partial charge in [-0.2, -0.15) is 9.50 Å². The molecule has 0 aromatic heterocycles. The lowest BCUT2D eigenvalue weighted by Gasteiger charge is -2.12. The van der Waals surface area contributed by atoms with E-state index in [1.807, 2.05) is 0 Å². The number of rotatable bonds is 5. The summed E-state index contributed by atoms with van der Waals surface area (Å²) in [7, 11) is 4.33. The van der Waals surface area contributed by atoms with E-state index in [0.717, 1.165) is 12.1 Å². The highest BCUT2D eigenvalue weighted by atomic mass is 19.2. The van der Waals surface area contributed by atoms with E-state index in [2.05, 4.69) is 10.2 Å². The average molecular weight is 324 g/mol. The monoisotopic (exact) mass is 324 g/mol. The van der Waals surface area contributed by atoms with Crippen LogP contribution >= 0.6 is 0 Å². The second-order valence-corrected chi connectivity index (χ2v) is 4.32. The summed E-state index contributed by atoms with van der Waals surface area (Å²) < 4.78 is 42.4. The van der Waals surface area contributed by atoms with E-state index in [9.17, 15) is 8.78 Å². The summed E-state index contributed by atoms with van der Waals surface area (Å²) in [5.41, 5.74) is -0.0681. The Morgan fingerprint density at radius 1 is 0.870 bits per heavy atom. The number of halogens is 2. The zero-order chi connectivity index (χ0) is 17.0. The van der Waals surface area contributed by atoms with Crippen LogP contribution in [-0.4, -0.2) is 26.4 Å². The number of methoxy groups -OCH3 is 3. The maximum Gasteiger partial charge on any atom is 0.203 e. The maximum atomic E-state index is 13.6. The lowest BCUT2D eigenvalue weighted by molar-refractivity contribution is 0.324. The van der Waals surface area contributed by atoms with E-state index >= 15 is 0 Å². The molecule has 1 N–H and O–H groups in total. The third-order valence-corrected chi connectivity index (χ3v) is 2.96. The highest BCUT2D eigenvalue weighted by Crippen LogP contribution is 2.41. The molecule has 6 nitrogen and oxygen atoms in total. The zero-order valence-electron chi connectivity index (χ0n) is 12.6. The fourth-order valence-corrected chi connectivity index (χ4v) is 1.84. The SMILES string of the molecule is COc1cc(N=Nc2ccc(O)c(F)c2F)cc(OC)c1OC. The van der Waals surface area contributed by atoms with Gasteiger partial charge >= 0.3 is 0 Å². The molecule has 0 atom stereocenters. The molecule has 0 aliphatic rings. The second kappa shape index (κ2) is 6.91. The molecule has 0 spiro atoms. The molecule has 0 aliphatic heterocycles. The van der Waals surface area contributed by atoms with Crippen molar-refractivity contribution in [3.63, 3.8) is 0 Å². The summed E-state index contributed by atoms with van der Waals surface area (Å²) >= 11 is 0. The Labute approximate surface area is 130 Å². The van der Waals surface area contributed by atoms with Crippen LogP contribution in [0.3, 0.4) is 0 Å². The molecule has 0 aliphatic carbocycles. The minimum Gasteiger partial charge on any atom is -0.505 e. The topological polar surface area (TPSA) is 72.6 Å². The first-order valence-corrected chi connectivity index (χ1v) is 6.40. The number of azo groups is 1. The number of hydrogen-bond donors (Lipinski definition) is 1. The first-order chi connectivity index (χ1) is 11.0. The minimum absolute atomic E-state index is 0.285. The molecule has 0 saturated heterocycles. The average Bonchev–Trinajstić information content (AvgIpc) is 2.57. The van der Waals surface area contributed by atoms with Crippen LogP contribution in [0.25, 0.3) is 0 Å². The Morgan fingerprint density at radius 3 is 2.00 bits per heavy atom. The number of ether oxygens (including phenoxy) is 3. The third-order valence-electron chi connectivity index (χ3n) is 2.96. The van der Waals surface area contributed by atoms with Crippen molar-refractivity contribution in [2.45, 2.75) is 0 Å². The van der Waals surface area contributed by atoms with Gasteiger partial charge < -0.3 is 19.3 Å². The van der Waals surface area contributed by atoms with E-state index in [4.69, 9.17) is 19.3 Å². The Hall–Kier alpha value is -2.90. The van der Waals surface area contributed by atoms with Gasteiger partial charge in [0, 0.05) is 12.1 Å². The molecule has 2 aromatic carbocycles. The normalized spacial score (nSPS) is 10.8. The molecular weight excluding hydrogens is 310 g/mol. The van der Waals surface area contributed by atoms with Crippen LogP contribution in [0.5, 0.6) is 23.0 Å². The van der Waals surface area contributed by atoms with Crippen molar-refractivity contribution in [1.82, 2.24) is 0 Å². The quantitative estimate of drug-likeness (QED) is 0.840. The van der Waals surface area contributed by atoms with Crippen LogP contribution in [0.15, 0.2) is 34.5 Å². The zero-order valence-corrected chi connectivity index (χ0v) is 12.6. The molecule has 2 aromatic rings. The highest BCUT2D eigenvalue weighted by molar-refractivity contribution is 5.60. The van der Waals surface area contributed by atoms with Crippen molar-refractivity contribution in [1.29, 1.82) is 0 Å². The third kappa shape index (κ3) is 3.31. The first-order valence-electron chi connectivity index (χ1n) is 6.40. The molecule has 0 heterocycles. The second-order valence-electron chi connectivity index (χ2n) is 4.32. The number of benzene rings is 2. The Balaban J connectivity index is 2.42. The highest BCUT2D eigenvalue weighted by Gasteiger charge is 2.14. The van der Waals surface area contributed by atoms with Crippen molar-refractivity contribution in [3.05, 3.63) is 35.9 Å². The summed E-state index contributed by atoms with van der Waals surface area (Å²) in [6.45, 7) is 0. The smallest absolute Gasteiger partial charge is 0.203 e. The lowest BCUT2D eigenvalue weighted by Crippen LogP contribution is -1.94. The largest absolute Gasteiger partial charge is 0.505 e. The van der Waals surface area contributed by atoms with Gasteiger partial charge in [-0.1, -0.05) is 0 Å². The Bertz CT molecular complexity index is 725. The van der Waals surface area contributed by atoms with Crippen molar-refractivity contribution in [2.75, 3.05) is 21.3 Å². The summed E-state index contributed by atoms with van der Waals surface area (Å²) in [5.74, 6) is -2.41. The fourth-order valence-electron chi connectivity index (χ4n) is 1.84. The van der Waals surface area contributed by atoms with Crippen LogP contribution in [-0.2, 0) is 0 Å². The molecule has 0 saturated carbocycles. The van der Waals surface area contributed by atoms with Crippen LogP contribution < -0.4 is 14.2 Å². The van der Waals surface area contributed by atoms with Gasteiger partial charge in [-0.3, -0.25) is 0 Å². The number of hydrogen-bond acceptors (Lipinski definition) is 6. The number of aromatic hydroxyl groups is 1. The molecule has 0 bridgehead atoms. The molecule has 0 fully saturated rings. The standard InChI is InChI=1S/C15H14F2N2O4/c1-21-11-6-8(7-12(22-2)15(11)23-3)18-19-9-4-5-10(20)14(17)13(9)16/h4-7,20H,1-3H3. The molecule has 0 amide bonds. The number of phenolic OH excluding ortho intramolecular Hbond substituents is 1. The van der Waals surface area contributed by atoms with E-state index in [1.54, 1.807) is 0 Å². The predicted molar refractivity (Wildman–Crippen MR) is 78.3 cm³/mol. The van der Waals surface area contributed by atoms with Gasteiger partial charge in [-0.05, 0) is 12.1 Å². The number of nitrogens with zero attached hydrogens (tertiary/aromatic N) is 2. The minimum atomic E-state index is -1.38. The predicted octanol–water partition coefficient (Wildman–Crippen LogP) is 4.11. The molecule has 23 heavy (non-hydrogen) atoms. The summed E-state index contributed by atoms with van der Waals surface area (Å²) in [5, 5.41) is 16.5. The van der Waals surface area contributed by atoms with Crippen molar-refractivity contribution < 1.29 is 28.1 Å². The summed E-state index contributed by atoms with van der Waals surface area (Å²) in [6.07, 6.45) is 0. The summed E-state index contributed by atoms with van der Waals surface area (Å²) in [4.78, 5) is 0. The van der Waals surface area contributed by atoms with Crippen LogP contribution in [0.1, 0.15) is 0 Å². The molecule has 122 valence electrons. The van der Waals surface area contributed by atoms with Gasteiger partial charge in [0.05, 0.1) is 27.0 Å². The van der Waals surface area contributed by atoms with Gasteiger partial charge in [0.25, 0.3) is 0 Å². The van der Waals surface area contributed by atoms with E-state index in [1.165, 1.54) is 33.5 Å². The van der Waals surface area contributed by atoms with Crippen molar-refractivity contribution in [3.8, 4) is 23.0 Å². The molecule has 0 unspecified atom stereocenters. The van der Waals surface area contributed by atoms with Gasteiger partial charge in [0.15, 0.2) is 23.1 Å². The van der Waals surface area contributed by atoms with Crippen LogP contribution in [0, 0.1) is 11.6 Å². The van der Waals surface area contributed by atoms with E-state index in [-0.39, 0.29) is 11.4 Å². The van der Waals surface area contributed by atoms with Crippen molar-refractivity contribution in [2.24, 2.45) is 10.2 Å². The molecule has 8 heteroatoms. The molecule has 2 rings (SSSR count). The van der Waals surface area contributed by atoms with Crippen molar-refractivity contribution >= 4 is 11.4 Å². The van der Waals surface area contributed by atoms with Crippen LogP contribution in [0.4, 0.5) is 20.2 Å². The summed E-state index contributed by atoms with van der Waals surface area (Å²) in [6, 6.07) is 5.09. The van der Waals surface area contributed by atoms with Gasteiger partial charge in [-0.25, -0.2) is 4.39 Å². The van der Waals surface area contributed by atoms with Gasteiger partial charge in [0.1, 0.15) is 5.69 Å². The van der Waals surface area contributed by atoms with E-state index in [0.29, 0.717) is 17.2 Å². The van der Waals surface area contributed by atoms with E-state index < -0.39 is 17.4 Å². The lowest BCUT2D eigenvalue weighted by atomic mass is 10.2. The van der Waals surface area contributed by atoms with Gasteiger partial charge in [-0.15, -0.1) is 5.11 Å². The fraction of sp³-hybridized carbons (Fsp3) is 0.200. The number of phenols is 1. The molecule has 0 radical (unpaired) electrons.